The van der Waals surface area contributed by atoms with E-state index in [0.717, 1.165) is 0 Å². The van der Waals surface area contributed by atoms with Gasteiger partial charge in [-0.1, -0.05) is 17.3 Å². The van der Waals surface area contributed by atoms with Crippen LogP contribution in [0.25, 0.3) is 11.4 Å². The van der Waals surface area contributed by atoms with Gasteiger partial charge in [0.15, 0.2) is 0 Å². The van der Waals surface area contributed by atoms with Crippen molar-refractivity contribution in [2.24, 2.45) is 0 Å². The van der Waals surface area contributed by atoms with E-state index in [1.54, 1.807) is 12.1 Å². The normalized spacial score (nSPS) is 11.3. The molecule has 0 aliphatic heterocycles. The molecule has 0 spiro atoms. The van der Waals surface area contributed by atoms with Crippen LogP contribution < -0.4 is 5.32 Å². The number of hydrogen-bond donors (Lipinski definition) is 2. The summed E-state index contributed by atoms with van der Waals surface area (Å²) in [7, 11) is 0. The molecule has 0 atom stereocenters. The SMILES string of the molecule is O=C(Nc1ccc(-c2noc(C(F)(F)F)n2)cc1)c1ccccc1O. The van der Waals surface area contributed by atoms with Gasteiger partial charge in [0.2, 0.25) is 5.82 Å². The van der Waals surface area contributed by atoms with Crippen LogP contribution in [0, 0.1) is 0 Å². The summed E-state index contributed by atoms with van der Waals surface area (Å²) in [6.45, 7) is 0. The van der Waals surface area contributed by atoms with Crippen molar-refractivity contribution >= 4 is 11.6 Å². The van der Waals surface area contributed by atoms with Crippen LogP contribution >= 0.6 is 0 Å². The number of para-hydroxylation sites is 1. The maximum Gasteiger partial charge on any atom is 0.471 e. The Morgan fingerprint density at radius 2 is 1.76 bits per heavy atom. The number of rotatable bonds is 3. The summed E-state index contributed by atoms with van der Waals surface area (Å²) in [5, 5.41) is 15.5. The van der Waals surface area contributed by atoms with Gasteiger partial charge in [0.25, 0.3) is 5.91 Å². The van der Waals surface area contributed by atoms with Gasteiger partial charge >= 0.3 is 12.1 Å². The summed E-state index contributed by atoms with van der Waals surface area (Å²) < 4.78 is 41.5. The average Bonchev–Trinajstić information content (AvgIpc) is 3.06. The molecule has 1 amide bonds. The lowest BCUT2D eigenvalue weighted by Gasteiger charge is -2.07. The second-order valence-electron chi connectivity index (χ2n) is 4.97. The lowest BCUT2D eigenvalue weighted by molar-refractivity contribution is -0.159. The number of benzene rings is 2. The summed E-state index contributed by atoms with van der Waals surface area (Å²) >= 11 is 0. The van der Waals surface area contributed by atoms with Crippen LogP contribution in [0.4, 0.5) is 18.9 Å². The number of hydrogen-bond acceptors (Lipinski definition) is 5. The third-order valence-electron chi connectivity index (χ3n) is 3.22. The number of carbonyl (C=O) groups is 1. The Morgan fingerprint density at radius 3 is 2.36 bits per heavy atom. The van der Waals surface area contributed by atoms with Crippen LogP contribution in [0.1, 0.15) is 16.2 Å². The van der Waals surface area contributed by atoms with Crippen molar-refractivity contribution < 1.29 is 27.6 Å². The first kappa shape index (κ1) is 16.5. The molecule has 6 nitrogen and oxygen atoms in total. The van der Waals surface area contributed by atoms with E-state index in [4.69, 9.17) is 0 Å². The molecule has 2 N–H and O–H groups in total. The van der Waals surface area contributed by atoms with Crippen molar-refractivity contribution in [2.45, 2.75) is 6.18 Å². The smallest absolute Gasteiger partial charge is 0.471 e. The van der Waals surface area contributed by atoms with Crippen molar-refractivity contribution in [3.05, 3.63) is 60.0 Å². The first-order valence-corrected chi connectivity index (χ1v) is 6.95. The van der Waals surface area contributed by atoms with Crippen LogP contribution in [0.15, 0.2) is 53.1 Å². The quantitative estimate of drug-likeness (QED) is 0.752. The van der Waals surface area contributed by atoms with E-state index < -0.39 is 18.0 Å². The zero-order valence-corrected chi connectivity index (χ0v) is 12.4. The highest BCUT2D eigenvalue weighted by molar-refractivity contribution is 6.06. The van der Waals surface area contributed by atoms with Gasteiger partial charge in [-0.3, -0.25) is 4.79 Å². The van der Waals surface area contributed by atoms with E-state index in [1.165, 1.54) is 36.4 Å². The van der Waals surface area contributed by atoms with Crippen molar-refractivity contribution in [2.75, 3.05) is 5.32 Å². The Morgan fingerprint density at radius 1 is 1.08 bits per heavy atom. The fourth-order valence-electron chi connectivity index (χ4n) is 2.02. The third-order valence-corrected chi connectivity index (χ3v) is 3.22. The lowest BCUT2D eigenvalue weighted by atomic mass is 10.1. The largest absolute Gasteiger partial charge is 0.507 e. The van der Waals surface area contributed by atoms with Gasteiger partial charge < -0.3 is 14.9 Å². The molecule has 25 heavy (non-hydrogen) atoms. The molecule has 128 valence electrons. The molecule has 2 aromatic carbocycles. The second kappa shape index (κ2) is 6.27. The van der Waals surface area contributed by atoms with Gasteiger partial charge in [0.1, 0.15) is 5.75 Å². The first-order chi connectivity index (χ1) is 11.8. The van der Waals surface area contributed by atoms with Gasteiger partial charge in [0, 0.05) is 11.3 Å². The fourth-order valence-corrected chi connectivity index (χ4v) is 2.02. The van der Waals surface area contributed by atoms with Gasteiger partial charge in [0.05, 0.1) is 5.56 Å². The van der Waals surface area contributed by atoms with Crippen molar-refractivity contribution in [1.29, 1.82) is 0 Å². The summed E-state index contributed by atoms with van der Waals surface area (Å²) in [6, 6.07) is 11.8. The Hall–Kier alpha value is -3.36. The maximum absolute atomic E-state index is 12.5. The number of carbonyl (C=O) groups excluding carboxylic acids is 1. The standard InChI is InChI=1S/C16H10F3N3O3/c17-16(18,19)15-21-13(22-25-15)9-5-7-10(8-6-9)20-14(24)11-3-1-2-4-12(11)23/h1-8,23H,(H,20,24). The highest BCUT2D eigenvalue weighted by Gasteiger charge is 2.38. The summed E-state index contributed by atoms with van der Waals surface area (Å²) in [5.41, 5.74) is 0.774. The van der Waals surface area contributed by atoms with E-state index in [9.17, 15) is 23.1 Å². The molecule has 1 aromatic heterocycles. The van der Waals surface area contributed by atoms with E-state index >= 15 is 0 Å². The molecule has 0 saturated carbocycles. The average molecular weight is 349 g/mol. The van der Waals surface area contributed by atoms with Gasteiger partial charge in [-0.2, -0.15) is 18.2 Å². The number of aromatic nitrogens is 2. The highest BCUT2D eigenvalue weighted by atomic mass is 19.4. The topological polar surface area (TPSA) is 88.3 Å². The van der Waals surface area contributed by atoms with Crippen LogP contribution in [0.2, 0.25) is 0 Å². The third kappa shape index (κ3) is 3.60. The monoisotopic (exact) mass is 349 g/mol. The fraction of sp³-hybridized carbons (Fsp3) is 0.0625. The Labute approximate surface area is 138 Å². The predicted molar refractivity (Wildman–Crippen MR) is 80.8 cm³/mol. The molecular weight excluding hydrogens is 339 g/mol. The van der Waals surface area contributed by atoms with Gasteiger partial charge in [-0.15, -0.1) is 0 Å². The van der Waals surface area contributed by atoms with Crippen molar-refractivity contribution in [3.63, 3.8) is 0 Å². The summed E-state index contributed by atoms with van der Waals surface area (Å²) in [4.78, 5) is 15.3. The van der Waals surface area contributed by atoms with Crippen molar-refractivity contribution in [3.8, 4) is 17.1 Å². The number of phenolic OH excluding ortho intramolecular Hbond substituents is 1. The predicted octanol–water partition coefficient (Wildman–Crippen LogP) is 3.71. The van der Waals surface area contributed by atoms with E-state index in [2.05, 4.69) is 20.0 Å². The number of anilines is 1. The first-order valence-electron chi connectivity index (χ1n) is 6.95. The Bertz CT molecular complexity index is 905. The second-order valence-corrected chi connectivity index (χ2v) is 4.97. The minimum Gasteiger partial charge on any atom is -0.507 e. The molecule has 0 unspecified atom stereocenters. The minimum atomic E-state index is -4.71. The molecule has 3 aromatic rings. The molecule has 3 rings (SSSR count). The number of amides is 1. The molecule has 0 saturated heterocycles. The zero-order chi connectivity index (χ0) is 18.0. The molecule has 0 aliphatic rings. The number of aromatic hydroxyl groups is 1. The number of phenols is 1. The molecule has 9 heteroatoms. The van der Waals surface area contributed by atoms with Crippen LogP contribution in [-0.2, 0) is 6.18 Å². The molecular formula is C16H10F3N3O3. The highest BCUT2D eigenvalue weighted by Crippen LogP contribution is 2.29. The molecule has 0 radical (unpaired) electrons. The minimum absolute atomic E-state index is 0.0968. The van der Waals surface area contributed by atoms with E-state index in [-0.39, 0.29) is 17.1 Å². The zero-order valence-electron chi connectivity index (χ0n) is 12.4. The molecule has 1 heterocycles. The summed E-state index contributed by atoms with van der Waals surface area (Å²) in [6.07, 6.45) is -4.71. The lowest BCUT2D eigenvalue weighted by Crippen LogP contribution is -2.11. The molecule has 0 aliphatic carbocycles. The number of halogens is 3. The van der Waals surface area contributed by atoms with Crippen LogP contribution in [-0.4, -0.2) is 21.2 Å². The van der Waals surface area contributed by atoms with E-state index in [1.807, 2.05) is 0 Å². The number of alkyl halides is 3. The number of nitrogens with zero attached hydrogens (tertiary/aromatic N) is 2. The van der Waals surface area contributed by atoms with Crippen LogP contribution in [0.3, 0.4) is 0 Å². The molecule has 0 fully saturated rings. The Kier molecular flexibility index (Phi) is 4.14. The van der Waals surface area contributed by atoms with Crippen LogP contribution in [0.5, 0.6) is 5.75 Å². The summed E-state index contributed by atoms with van der Waals surface area (Å²) in [5.74, 6) is -2.33. The van der Waals surface area contributed by atoms with Crippen molar-refractivity contribution in [1.82, 2.24) is 10.1 Å². The Balaban J connectivity index is 1.75. The van der Waals surface area contributed by atoms with E-state index in [0.29, 0.717) is 11.3 Å². The maximum atomic E-state index is 12.5. The number of nitrogens with one attached hydrogen (secondary N) is 1. The van der Waals surface area contributed by atoms with Gasteiger partial charge in [-0.05, 0) is 36.4 Å². The molecule has 0 bridgehead atoms. The van der Waals surface area contributed by atoms with Gasteiger partial charge in [-0.25, -0.2) is 0 Å².